The van der Waals surface area contributed by atoms with E-state index in [0.717, 1.165) is 29.4 Å². The van der Waals surface area contributed by atoms with Crippen LogP contribution in [-0.2, 0) is 32.6 Å². The van der Waals surface area contributed by atoms with Crippen molar-refractivity contribution in [3.63, 3.8) is 0 Å². The Labute approximate surface area is 193 Å². The lowest BCUT2D eigenvalue weighted by Crippen LogP contribution is -2.40. The van der Waals surface area contributed by atoms with Gasteiger partial charge in [-0.15, -0.1) is 0 Å². The summed E-state index contributed by atoms with van der Waals surface area (Å²) in [5, 5.41) is 0. The second kappa shape index (κ2) is 9.69. The quantitative estimate of drug-likeness (QED) is 0.566. The van der Waals surface area contributed by atoms with Crippen molar-refractivity contribution in [2.45, 2.75) is 50.7 Å². The van der Waals surface area contributed by atoms with Crippen molar-refractivity contribution in [2.24, 2.45) is 5.92 Å². The maximum absolute atomic E-state index is 14.0. The first kappa shape index (κ1) is 23.5. The maximum Gasteiger partial charge on any atom is 0.309 e. The molecule has 1 fully saturated rings. The number of ether oxygens (including phenoxy) is 3. The lowest BCUT2D eigenvalue weighted by Gasteiger charge is -2.30. The van der Waals surface area contributed by atoms with E-state index in [0.29, 0.717) is 25.2 Å². The molecule has 0 aromatic heterocycles. The third kappa shape index (κ3) is 4.99. The normalized spacial score (nSPS) is 19.1. The minimum Gasteiger partial charge on any atom is -0.493 e. The Morgan fingerprint density at radius 1 is 1.21 bits per heavy atom. The summed E-state index contributed by atoms with van der Waals surface area (Å²) >= 11 is 0. The molecule has 2 aliphatic rings. The van der Waals surface area contributed by atoms with E-state index >= 15 is 0 Å². The molecule has 1 saturated heterocycles. The molecule has 9 heteroatoms. The molecule has 0 aliphatic carbocycles. The standard InChI is InChI=1S/C24H28FNO6S/c1-3-30-21-13-18-12-16(2)32-22(18)14-19(21)15-31-24(27)17-8-10-26(11-9-17)33(28,29)23-7-5-4-6-20(23)25/h4-7,13-14,16-17H,3,8-12,15H2,1-2H3/t16-/m0/s1. The molecule has 2 aromatic carbocycles. The summed E-state index contributed by atoms with van der Waals surface area (Å²) in [7, 11) is -3.94. The summed E-state index contributed by atoms with van der Waals surface area (Å²) in [6, 6.07) is 9.11. The van der Waals surface area contributed by atoms with Crippen LogP contribution < -0.4 is 9.47 Å². The highest BCUT2D eigenvalue weighted by Crippen LogP contribution is 2.36. The highest BCUT2D eigenvalue weighted by Gasteiger charge is 2.34. The van der Waals surface area contributed by atoms with Crippen molar-refractivity contribution in [2.75, 3.05) is 19.7 Å². The first-order valence-electron chi connectivity index (χ1n) is 11.2. The number of halogens is 1. The maximum atomic E-state index is 14.0. The Morgan fingerprint density at radius 3 is 2.64 bits per heavy atom. The van der Waals surface area contributed by atoms with Gasteiger partial charge in [0.15, 0.2) is 0 Å². The average molecular weight is 478 g/mol. The van der Waals surface area contributed by atoms with Gasteiger partial charge in [0.25, 0.3) is 0 Å². The highest BCUT2D eigenvalue weighted by atomic mass is 32.2. The van der Waals surface area contributed by atoms with Gasteiger partial charge in [0, 0.05) is 30.6 Å². The average Bonchev–Trinajstić information content (AvgIpc) is 3.16. The second-order valence-corrected chi connectivity index (χ2v) is 10.3. The molecular weight excluding hydrogens is 449 g/mol. The van der Waals surface area contributed by atoms with E-state index in [1.807, 2.05) is 26.0 Å². The first-order chi connectivity index (χ1) is 15.8. The van der Waals surface area contributed by atoms with Crippen LogP contribution in [-0.4, -0.2) is 44.5 Å². The SMILES string of the molecule is CCOc1cc2c(cc1COC(=O)C1CCN(S(=O)(=O)c3ccccc3F)CC1)O[C@@H](C)C2. The summed E-state index contributed by atoms with van der Waals surface area (Å²) in [4.78, 5) is 12.3. The molecule has 2 aromatic rings. The van der Waals surface area contributed by atoms with E-state index in [1.165, 1.54) is 22.5 Å². The van der Waals surface area contributed by atoms with Crippen LogP contribution >= 0.6 is 0 Å². The third-order valence-electron chi connectivity index (χ3n) is 5.99. The number of carbonyl (C=O) groups is 1. The van der Waals surface area contributed by atoms with Crippen molar-refractivity contribution < 1.29 is 31.8 Å². The number of rotatable bonds is 7. The summed E-state index contributed by atoms with van der Waals surface area (Å²) < 4.78 is 57.8. The molecule has 0 N–H and O–H groups in total. The van der Waals surface area contributed by atoms with Crippen LogP contribution in [0.3, 0.4) is 0 Å². The predicted molar refractivity (Wildman–Crippen MR) is 119 cm³/mol. The minimum absolute atomic E-state index is 0.0485. The van der Waals surface area contributed by atoms with Gasteiger partial charge in [-0.1, -0.05) is 12.1 Å². The first-order valence-corrected chi connectivity index (χ1v) is 12.6. The number of fused-ring (bicyclic) bond motifs is 1. The molecule has 33 heavy (non-hydrogen) atoms. The van der Waals surface area contributed by atoms with Gasteiger partial charge in [-0.05, 0) is 51.0 Å². The number of carbonyl (C=O) groups excluding carboxylic acids is 1. The van der Waals surface area contributed by atoms with Crippen LogP contribution in [0.15, 0.2) is 41.3 Å². The largest absolute Gasteiger partial charge is 0.493 e. The molecule has 2 heterocycles. The summed E-state index contributed by atoms with van der Waals surface area (Å²) in [6.07, 6.45) is 1.54. The van der Waals surface area contributed by atoms with E-state index in [2.05, 4.69) is 0 Å². The van der Waals surface area contributed by atoms with Crippen LogP contribution in [0, 0.1) is 11.7 Å². The Balaban J connectivity index is 1.37. The van der Waals surface area contributed by atoms with Gasteiger partial charge < -0.3 is 14.2 Å². The Hall–Kier alpha value is -2.65. The molecule has 0 bridgehead atoms. The fraction of sp³-hybridized carbons (Fsp3) is 0.458. The summed E-state index contributed by atoms with van der Waals surface area (Å²) in [5.41, 5.74) is 1.81. The Morgan fingerprint density at radius 2 is 1.94 bits per heavy atom. The molecule has 0 radical (unpaired) electrons. The molecule has 4 rings (SSSR count). The lowest BCUT2D eigenvalue weighted by molar-refractivity contribution is -0.151. The zero-order valence-electron chi connectivity index (χ0n) is 18.8. The lowest BCUT2D eigenvalue weighted by atomic mass is 9.98. The zero-order chi connectivity index (χ0) is 23.6. The van der Waals surface area contributed by atoms with Crippen LogP contribution in [0.25, 0.3) is 0 Å². The smallest absolute Gasteiger partial charge is 0.309 e. The molecule has 0 amide bonds. The molecular formula is C24H28FNO6S. The van der Waals surface area contributed by atoms with Crippen molar-refractivity contribution in [1.82, 2.24) is 4.31 Å². The van der Waals surface area contributed by atoms with Gasteiger partial charge in [-0.3, -0.25) is 4.79 Å². The molecule has 1 atom stereocenters. The summed E-state index contributed by atoms with van der Waals surface area (Å²) in [5.74, 6) is -0.124. The van der Waals surface area contributed by atoms with Crippen molar-refractivity contribution >= 4 is 16.0 Å². The number of esters is 1. The molecule has 178 valence electrons. The van der Waals surface area contributed by atoms with Gasteiger partial charge in [0.2, 0.25) is 10.0 Å². The van der Waals surface area contributed by atoms with Gasteiger partial charge >= 0.3 is 5.97 Å². The zero-order valence-corrected chi connectivity index (χ0v) is 19.6. The number of hydrogen-bond donors (Lipinski definition) is 0. The Kier molecular flexibility index (Phi) is 6.90. The minimum atomic E-state index is -3.94. The highest BCUT2D eigenvalue weighted by molar-refractivity contribution is 7.89. The Bertz CT molecular complexity index is 1130. The molecule has 0 saturated carbocycles. The van der Waals surface area contributed by atoms with Gasteiger partial charge in [0.1, 0.15) is 34.9 Å². The topological polar surface area (TPSA) is 82.1 Å². The van der Waals surface area contributed by atoms with Crippen LogP contribution in [0.2, 0.25) is 0 Å². The third-order valence-corrected chi connectivity index (χ3v) is 7.92. The monoisotopic (exact) mass is 477 g/mol. The van der Waals surface area contributed by atoms with E-state index in [1.54, 1.807) is 0 Å². The van der Waals surface area contributed by atoms with Crippen molar-refractivity contribution in [3.8, 4) is 11.5 Å². The number of hydrogen-bond acceptors (Lipinski definition) is 6. The fourth-order valence-electron chi connectivity index (χ4n) is 4.28. The number of nitrogens with zero attached hydrogens (tertiary/aromatic N) is 1. The van der Waals surface area contributed by atoms with Crippen LogP contribution in [0.4, 0.5) is 4.39 Å². The fourth-order valence-corrected chi connectivity index (χ4v) is 5.81. The van der Waals surface area contributed by atoms with Crippen molar-refractivity contribution in [1.29, 1.82) is 0 Å². The summed E-state index contributed by atoms with van der Waals surface area (Å²) in [6.45, 7) is 4.69. The van der Waals surface area contributed by atoms with E-state index in [9.17, 15) is 17.6 Å². The van der Waals surface area contributed by atoms with E-state index < -0.39 is 21.8 Å². The second-order valence-electron chi connectivity index (χ2n) is 8.35. The van der Waals surface area contributed by atoms with E-state index in [4.69, 9.17) is 14.2 Å². The van der Waals surface area contributed by atoms with Crippen LogP contribution in [0.1, 0.15) is 37.8 Å². The van der Waals surface area contributed by atoms with E-state index in [-0.39, 0.29) is 36.7 Å². The number of piperidine rings is 1. The van der Waals surface area contributed by atoms with Gasteiger partial charge in [-0.2, -0.15) is 4.31 Å². The number of sulfonamides is 1. The van der Waals surface area contributed by atoms with Gasteiger partial charge in [0.05, 0.1) is 12.5 Å². The predicted octanol–water partition coefficient (Wildman–Crippen LogP) is 3.69. The number of benzene rings is 2. The van der Waals surface area contributed by atoms with Crippen LogP contribution in [0.5, 0.6) is 11.5 Å². The van der Waals surface area contributed by atoms with Crippen molar-refractivity contribution in [3.05, 3.63) is 53.3 Å². The molecule has 0 unspecified atom stereocenters. The molecule has 0 spiro atoms. The van der Waals surface area contributed by atoms with Gasteiger partial charge in [-0.25, -0.2) is 12.8 Å². The molecule has 2 aliphatic heterocycles. The molecule has 7 nitrogen and oxygen atoms in total.